The van der Waals surface area contributed by atoms with Gasteiger partial charge < -0.3 is 4.90 Å². The van der Waals surface area contributed by atoms with Gasteiger partial charge in [-0.3, -0.25) is 14.6 Å². The Morgan fingerprint density at radius 2 is 2.00 bits per heavy atom. The molecule has 6 nitrogen and oxygen atoms in total. The van der Waals surface area contributed by atoms with Crippen LogP contribution in [0, 0.1) is 5.82 Å². The summed E-state index contributed by atoms with van der Waals surface area (Å²) in [6, 6.07) is 8.05. The highest BCUT2D eigenvalue weighted by atomic mass is 19.1. The first kappa shape index (κ1) is 18.8. The van der Waals surface area contributed by atoms with Gasteiger partial charge in [0.15, 0.2) is 0 Å². The van der Waals surface area contributed by atoms with Gasteiger partial charge in [0.25, 0.3) is 5.91 Å². The van der Waals surface area contributed by atoms with Crippen molar-refractivity contribution in [1.29, 1.82) is 0 Å². The number of nitrogens with zero attached hydrogens (tertiary/aromatic N) is 4. The Balaban J connectivity index is 1.82. The van der Waals surface area contributed by atoms with E-state index in [1.165, 1.54) is 12.1 Å². The van der Waals surface area contributed by atoms with Gasteiger partial charge in [-0.15, -0.1) is 0 Å². The second-order valence-electron chi connectivity index (χ2n) is 6.86. The summed E-state index contributed by atoms with van der Waals surface area (Å²) in [4.78, 5) is 14.6. The van der Waals surface area contributed by atoms with Gasteiger partial charge in [0, 0.05) is 31.3 Å². The molecule has 2 aromatic heterocycles. The minimum Gasteiger partial charge on any atom is -0.336 e. The maximum Gasteiger partial charge on any atom is 0.272 e. The van der Waals surface area contributed by atoms with E-state index < -0.39 is 0 Å². The molecule has 2 heterocycles. The molecule has 3 aromatic rings. The number of hydrogen-bond acceptors (Lipinski definition) is 3. The van der Waals surface area contributed by atoms with Crippen LogP contribution in [-0.4, -0.2) is 37.8 Å². The number of aromatic nitrogens is 4. The fourth-order valence-corrected chi connectivity index (χ4v) is 2.95. The van der Waals surface area contributed by atoms with Crippen LogP contribution in [0.2, 0.25) is 0 Å². The number of carbonyl (C=O) groups excluding carboxylic acids is 1. The Kier molecular flexibility index (Phi) is 5.39. The summed E-state index contributed by atoms with van der Waals surface area (Å²) < 4.78 is 14.9. The first-order valence-electron chi connectivity index (χ1n) is 9.02. The molecule has 0 saturated carbocycles. The van der Waals surface area contributed by atoms with Crippen LogP contribution in [0.25, 0.3) is 11.3 Å². The molecule has 0 atom stereocenters. The smallest absolute Gasteiger partial charge is 0.272 e. The second-order valence-corrected chi connectivity index (χ2v) is 6.86. The summed E-state index contributed by atoms with van der Waals surface area (Å²) in [5.74, 6) is -0.128. The fourth-order valence-electron chi connectivity index (χ4n) is 2.95. The Morgan fingerprint density at radius 1 is 1.30 bits per heavy atom. The number of rotatable bonds is 6. The molecule has 7 heteroatoms. The number of aryl methyl sites for hydroxylation is 1. The van der Waals surface area contributed by atoms with E-state index in [0.29, 0.717) is 18.8 Å². The highest BCUT2D eigenvalue weighted by Gasteiger charge is 2.21. The van der Waals surface area contributed by atoms with Gasteiger partial charge in [-0.25, -0.2) is 4.39 Å². The molecule has 142 valence electrons. The lowest BCUT2D eigenvalue weighted by Crippen LogP contribution is -2.28. The molecule has 0 aliphatic heterocycles. The van der Waals surface area contributed by atoms with Crippen LogP contribution in [-0.2, 0) is 13.1 Å². The van der Waals surface area contributed by atoms with Crippen LogP contribution in [0.5, 0.6) is 0 Å². The number of H-pyrrole nitrogens is 1. The lowest BCUT2D eigenvalue weighted by atomic mass is 10.1. The summed E-state index contributed by atoms with van der Waals surface area (Å²) in [6.45, 7) is 7.10. The third-order valence-electron chi connectivity index (χ3n) is 4.51. The monoisotopic (exact) mass is 369 g/mol. The van der Waals surface area contributed by atoms with E-state index in [-0.39, 0.29) is 17.6 Å². The van der Waals surface area contributed by atoms with Crippen LogP contribution in [0.1, 0.15) is 48.4 Å². The highest BCUT2D eigenvalue weighted by molar-refractivity contribution is 5.92. The number of halogens is 1. The molecule has 0 spiro atoms. The third-order valence-corrected chi connectivity index (χ3v) is 4.51. The maximum atomic E-state index is 13.2. The van der Waals surface area contributed by atoms with Gasteiger partial charge in [-0.05, 0) is 43.2 Å². The van der Waals surface area contributed by atoms with Crippen molar-refractivity contribution < 1.29 is 9.18 Å². The summed E-state index contributed by atoms with van der Waals surface area (Å²) in [6.07, 6.45) is 1.69. The van der Waals surface area contributed by atoms with Crippen molar-refractivity contribution in [2.45, 2.75) is 39.8 Å². The molecular formula is C20H24FN5O. The van der Waals surface area contributed by atoms with Crippen molar-refractivity contribution in [2.24, 2.45) is 0 Å². The van der Waals surface area contributed by atoms with E-state index in [9.17, 15) is 9.18 Å². The zero-order valence-corrected chi connectivity index (χ0v) is 16.0. The number of benzene rings is 1. The summed E-state index contributed by atoms with van der Waals surface area (Å²) in [5.41, 5.74) is 3.95. The number of hydrogen-bond donors (Lipinski definition) is 1. The van der Waals surface area contributed by atoms with Gasteiger partial charge in [0.2, 0.25) is 0 Å². The number of aromatic amines is 1. The molecule has 0 aliphatic carbocycles. The largest absolute Gasteiger partial charge is 0.336 e. The first-order valence-corrected chi connectivity index (χ1v) is 9.02. The van der Waals surface area contributed by atoms with Gasteiger partial charge in [0.05, 0.1) is 17.6 Å². The average Bonchev–Trinajstić information content (AvgIpc) is 3.28. The lowest BCUT2D eigenvalue weighted by Gasteiger charge is -2.17. The summed E-state index contributed by atoms with van der Waals surface area (Å²) in [7, 11) is 1.76. The van der Waals surface area contributed by atoms with Crippen LogP contribution in [0.15, 0.2) is 36.5 Å². The normalized spacial score (nSPS) is 11.2. The third kappa shape index (κ3) is 3.92. The topological polar surface area (TPSA) is 66.8 Å². The van der Waals surface area contributed by atoms with E-state index in [2.05, 4.69) is 29.1 Å². The molecule has 1 aromatic carbocycles. The van der Waals surface area contributed by atoms with Gasteiger partial charge in [0.1, 0.15) is 11.5 Å². The molecule has 0 radical (unpaired) electrons. The molecule has 0 fully saturated rings. The van der Waals surface area contributed by atoms with Crippen molar-refractivity contribution in [3.63, 3.8) is 0 Å². The predicted molar refractivity (Wildman–Crippen MR) is 102 cm³/mol. The number of nitrogens with one attached hydrogen (secondary N) is 1. The molecule has 1 N–H and O–H groups in total. The van der Waals surface area contributed by atoms with Crippen molar-refractivity contribution in [3.8, 4) is 11.3 Å². The zero-order chi connectivity index (χ0) is 19.6. The second kappa shape index (κ2) is 7.73. The van der Waals surface area contributed by atoms with E-state index in [1.807, 2.05) is 13.0 Å². The molecule has 27 heavy (non-hydrogen) atoms. The van der Waals surface area contributed by atoms with Gasteiger partial charge >= 0.3 is 0 Å². The van der Waals surface area contributed by atoms with Gasteiger partial charge in [-0.2, -0.15) is 10.2 Å². The Bertz CT molecular complexity index is 926. The maximum absolute atomic E-state index is 13.2. The lowest BCUT2D eigenvalue weighted by molar-refractivity contribution is 0.0773. The number of carbonyl (C=O) groups is 1. The minimum absolute atomic E-state index is 0.0949. The Morgan fingerprint density at radius 3 is 2.63 bits per heavy atom. The molecule has 0 aliphatic rings. The fraction of sp³-hybridized carbons (Fsp3) is 0.350. The first-order chi connectivity index (χ1) is 12.9. The molecule has 1 amide bonds. The SMILES string of the molecule is CCn1nc(C(C)C)cc1C(=O)N(C)Cc1cn[nH]c1-c1ccc(F)cc1. The van der Waals surface area contributed by atoms with Crippen LogP contribution < -0.4 is 0 Å². The Hall–Kier alpha value is -2.96. The van der Waals surface area contributed by atoms with E-state index in [0.717, 1.165) is 22.5 Å². The quantitative estimate of drug-likeness (QED) is 0.718. The van der Waals surface area contributed by atoms with Crippen molar-refractivity contribution in [2.75, 3.05) is 7.05 Å². The molecule has 0 saturated heterocycles. The van der Waals surface area contributed by atoms with E-state index in [1.54, 1.807) is 35.0 Å². The Labute approximate surface area is 158 Å². The van der Waals surface area contributed by atoms with Crippen molar-refractivity contribution >= 4 is 5.91 Å². The molecule has 0 bridgehead atoms. The summed E-state index contributed by atoms with van der Waals surface area (Å²) >= 11 is 0. The summed E-state index contributed by atoms with van der Waals surface area (Å²) in [5, 5.41) is 11.5. The van der Waals surface area contributed by atoms with Crippen LogP contribution in [0.3, 0.4) is 0 Å². The zero-order valence-electron chi connectivity index (χ0n) is 16.0. The van der Waals surface area contributed by atoms with E-state index >= 15 is 0 Å². The average molecular weight is 369 g/mol. The standard InChI is InChI=1S/C20H24FN5O/c1-5-26-18(10-17(24-26)13(2)3)20(27)25(4)12-15-11-22-23-19(15)14-6-8-16(21)9-7-14/h6-11,13H,5,12H2,1-4H3,(H,22,23). The molecule has 3 rings (SSSR count). The van der Waals surface area contributed by atoms with Crippen LogP contribution >= 0.6 is 0 Å². The van der Waals surface area contributed by atoms with Crippen molar-refractivity contribution in [3.05, 3.63) is 59.3 Å². The number of amides is 1. The minimum atomic E-state index is -0.291. The van der Waals surface area contributed by atoms with Crippen molar-refractivity contribution in [1.82, 2.24) is 24.9 Å². The molecule has 0 unspecified atom stereocenters. The van der Waals surface area contributed by atoms with Crippen LogP contribution in [0.4, 0.5) is 4.39 Å². The van der Waals surface area contributed by atoms with Gasteiger partial charge in [-0.1, -0.05) is 13.8 Å². The highest BCUT2D eigenvalue weighted by Crippen LogP contribution is 2.23. The predicted octanol–water partition coefficient (Wildman–Crippen LogP) is 3.83. The van der Waals surface area contributed by atoms with E-state index in [4.69, 9.17) is 0 Å². The molecular weight excluding hydrogens is 345 g/mol.